The van der Waals surface area contributed by atoms with Crippen molar-refractivity contribution in [3.05, 3.63) is 18.2 Å². The molecule has 1 aromatic rings. The largest absolute Gasteiger partial charge is 0.493 e. The van der Waals surface area contributed by atoms with E-state index in [2.05, 4.69) is 4.72 Å². The molecule has 1 amide bonds. The van der Waals surface area contributed by atoms with Crippen molar-refractivity contribution >= 4 is 44.2 Å². The van der Waals surface area contributed by atoms with E-state index in [-0.39, 0.29) is 23.9 Å². The molecule has 0 unspecified atom stereocenters. The first-order valence-corrected chi connectivity index (χ1v) is 9.45. The number of carbonyl (C=O) groups is 1. The van der Waals surface area contributed by atoms with E-state index in [0.717, 1.165) is 0 Å². The fourth-order valence-electron chi connectivity index (χ4n) is 1.96. The zero-order valence-corrected chi connectivity index (χ0v) is 15.0. The second-order valence-electron chi connectivity index (χ2n) is 4.51. The molecule has 0 aliphatic carbocycles. The van der Waals surface area contributed by atoms with E-state index in [4.69, 9.17) is 21.7 Å². The van der Waals surface area contributed by atoms with Gasteiger partial charge >= 0.3 is 0 Å². The quantitative estimate of drug-likeness (QED) is 0.706. The number of amides is 1. The van der Waals surface area contributed by atoms with Gasteiger partial charge in [-0.3, -0.25) is 9.69 Å². The number of thioether (sulfide) groups is 1. The third-order valence-electron chi connectivity index (χ3n) is 3.13. The number of benzene rings is 1. The molecule has 1 saturated heterocycles. The van der Waals surface area contributed by atoms with E-state index < -0.39 is 10.0 Å². The number of hydrogen-bond acceptors (Lipinski definition) is 7. The molecule has 0 aromatic heterocycles. The van der Waals surface area contributed by atoms with Gasteiger partial charge in [0.25, 0.3) is 0 Å². The first kappa shape index (κ1) is 18.0. The fourth-order valence-corrected chi connectivity index (χ4v) is 4.11. The maximum atomic E-state index is 12.3. The summed E-state index contributed by atoms with van der Waals surface area (Å²) in [5.41, 5.74) is 0. The minimum Gasteiger partial charge on any atom is -0.493 e. The molecule has 2 rings (SSSR count). The summed E-state index contributed by atoms with van der Waals surface area (Å²) in [7, 11) is -0.818. The molecular formula is C13H16N2O5S3. The number of rotatable bonds is 7. The van der Waals surface area contributed by atoms with Crippen molar-refractivity contribution < 1.29 is 22.7 Å². The van der Waals surface area contributed by atoms with Gasteiger partial charge in [0.1, 0.15) is 4.32 Å². The average molecular weight is 376 g/mol. The summed E-state index contributed by atoms with van der Waals surface area (Å²) in [6.45, 7) is 0.278. The molecule has 1 aliphatic heterocycles. The monoisotopic (exact) mass is 376 g/mol. The van der Waals surface area contributed by atoms with Crippen LogP contribution in [-0.4, -0.2) is 56.6 Å². The molecule has 1 aromatic carbocycles. The van der Waals surface area contributed by atoms with Crippen LogP contribution in [0.1, 0.15) is 0 Å². The second-order valence-corrected chi connectivity index (χ2v) is 7.89. The van der Waals surface area contributed by atoms with Crippen molar-refractivity contribution in [2.24, 2.45) is 0 Å². The van der Waals surface area contributed by atoms with E-state index in [9.17, 15) is 13.2 Å². The Morgan fingerprint density at radius 3 is 2.57 bits per heavy atom. The highest BCUT2D eigenvalue weighted by molar-refractivity contribution is 8.23. The molecule has 1 fully saturated rings. The summed E-state index contributed by atoms with van der Waals surface area (Å²) >= 11 is 6.32. The number of ether oxygens (including phenoxy) is 2. The predicted molar refractivity (Wildman–Crippen MR) is 91.5 cm³/mol. The maximum absolute atomic E-state index is 12.3. The zero-order chi connectivity index (χ0) is 17.0. The summed E-state index contributed by atoms with van der Waals surface area (Å²) in [6, 6.07) is 4.32. The number of nitrogens with zero attached hydrogens (tertiary/aromatic N) is 1. The lowest BCUT2D eigenvalue weighted by Crippen LogP contribution is -2.37. The normalized spacial score (nSPS) is 15.1. The fraction of sp³-hybridized carbons (Fsp3) is 0.385. The topological polar surface area (TPSA) is 84.9 Å². The van der Waals surface area contributed by atoms with Crippen LogP contribution in [-0.2, 0) is 14.8 Å². The lowest BCUT2D eigenvalue weighted by atomic mass is 10.3. The standard InChI is InChI=1S/C13H16N2O5S3/c1-19-10-4-3-9(7-11(10)20-2)23(17,18)14-5-6-15-12(16)8-22-13(15)21/h3-4,7,14H,5-6,8H2,1-2H3. The van der Waals surface area contributed by atoms with E-state index in [1.54, 1.807) is 0 Å². The predicted octanol–water partition coefficient (Wildman–Crippen LogP) is 0.842. The summed E-state index contributed by atoms with van der Waals surface area (Å²) in [4.78, 5) is 13.0. The number of hydrogen-bond donors (Lipinski definition) is 1. The van der Waals surface area contributed by atoms with Crippen LogP contribution >= 0.6 is 24.0 Å². The highest BCUT2D eigenvalue weighted by atomic mass is 32.2. The van der Waals surface area contributed by atoms with Gasteiger partial charge in [0, 0.05) is 19.2 Å². The minimum absolute atomic E-state index is 0.0554. The molecule has 7 nitrogen and oxygen atoms in total. The van der Waals surface area contributed by atoms with Gasteiger partial charge in [0.05, 0.1) is 24.9 Å². The number of carbonyl (C=O) groups excluding carboxylic acids is 1. The van der Waals surface area contributed by atoms with Gasteiger partial charge in [0.15, 0.2) is 11.5 Å². The Labute approximate surface area is 144 Å². The Morgan fingerprint density at radius 2 is 2.00 bits per heavy atom. The molecule has 1 aliphatic rings. The van der Waals surface area contributed by atoms with Gasteiger partial charge in [-0.05, 0) is 12.1 Å². The van der Waals surface area contributed by atoms with Crippen molar-refractivity contribution in [3.63, 3.8) is 0 Å². The first-order chi connectivity index (χ1) is 10.9. The zero-order valence-electron chi connectivity index (χ0n) is 12.6. The summed E-state index contributed by atoms with van der Waals surface area (Å²) < 4.78 is 37.7. The van der Waals surface area contributed by atoms with Crippen molar-refractivity contribution in [2.45, 2.75) is 4.90 Å². The molecule has 0 radical (unpaired) electrons. The third-order valence-corrected chi connectivity index (χ3v) is 6.02. The van der Waals surface area contributed by atoms with Crippen molar-refractivity contribution in [1.82, 2.24) is 9.62 Å². The van der Waals surface area contributed by atoms with Crippen molar-refractivity contribution in [1.29, 1.82) is 0 Å². The van der Waals surface area contributed by atoms with Gasteiger partial charge in [-0.1, -0.05) is 24.0 Å². The molecule has 0 atom stereocenters. The number of methoxy groups -OCH3 is 2. The van der Waals surface area contributed by atoms with Gasteiger partial charge in [-0.2, -0.15) is 0 Å². The molecule has 1 heterocycles. The van der Waals surface area contributed by atoms with E-state index in [1.165, 1.54) is 49.1 Å². The van der Waals surface area contributed by atoms with Gasteiger partial charge in [-0.25, -0.2) is 13.1 Å². The van der Waals surface area contributed by atoms with Crippen LogP contribution in [0.3, 0.4) is 0 Å². The molecule has 126 valence electrons. The summed E-state index contributed by atoms with van der Waals surface area (Å²) in [5.74, 6) is 0.964. The molecular weight excluding hydrogens is 360 g/mol. The maximum Gasteiger partial charge on any atom is 0.240 e. The van der Waals surface area contributed by atoms with Crippen LogP contribution in [0.15, 0.2) is 23.1 Å². The van der Waals surface area contributed by atoms with Crippen LogP contribution < -0.4 is 14.2 Å². The van der Waals surface area contributed by atoms with Gasteiger partial charge in [-0.15, -0.1) is 0 Å². The van der Waals surface area contributed by atoms with Crippen LogP contribution in [0.25, 0.3) is 0 Å². The smallest absolute Gasteiger partial charge is 0.240 e. The second kappa shape index (κ2) is 7.47. The molecule has 0 saturated carbocycles. The summed E-state index contributed by atoms with van der Waals surface area (Å²) in [6.07, 6.45) is 0. The van der Waals surface area contributed by atoms with Crippen LogP contribution in [0.5, 0.6) is 11.5 Å². The number of nitrogens with one attached hydrogen (secondary N) is 1. The Hall–Kier alpha value is -1.36. The number of sulfonamides is 1. The van der Waals surface area contributed by atoms with E-state index >= 15 is 0 Å². The van der Waals surface area contributed by atoms with Crippen LogP contribution in [0, 0.1) is 0 Å². The molecule has 0 bridgehead atoms. The molecule has 10 heteroatoms. The van der Waals surface area contributed by atoms with Crippen LogP contribution in [0.4, 0.5) is 0 Å². The summed E-state index contributed by atoms with van der Waals surface area (Å²) in [5, 5.41) is 0. The van der Waals surface area contributed by atoms with Gasteiger partial charge < -0.3 is 9.47 Å². The number of thiocarbonyl (C=S) groups is 1. The highest BCUT2D eigenvalue weighted by Crippen LogP contribution is 2.29. The third kappa shape index (κ3) is 4.14. The van der Waals surface area contributed by atoms with Crippen molar-refractivity contribution in [2.75, 3.05) is 33.1 Å². The SMILES string of the molecule is COc1ccc(S(=O)(=O)NCCN2C(=O)CSC2=S)cc1OC. The Morgan fingerprint density at radius 1 is 1.30 bits per heavy atom. The Balaban J connectivity index is 2.04. The molecule has 23 heavy (non-hydrogen) atoms. The average Bonchev–Trinajstić information content (AvgIpc) is 2.85. The highest BCUT2D eigenvalue weighted by Gasteiger charge is 2.26. The Kier molecular flexibility index (Phi) is 5.84. The molecule has 0 spiro atoms. The lowest BCUT2D eigenvalue weighted by Gasteiger charge is -2.15. The lowest BCUT2D eigenvalue weighted by molar-refractivity contribution is -0.123. The van der Waals surface area contributed by atoms with E-state index in [1.807, 2.05) is 0 Å². The Bertz CT molecular complexity index is 704. The minimum atomic E-state index is -3.72. The first-order valence-electron chi connectivity index (χ1n) is 6.58. The van der Waals surface area contributed by atoms with Crippen molar-refractivity contribution in [3.8, 4) is 11.5 Å². The van der Waals surface area contributed by atoms with Crippen LogP contribution in [0.2, 0.25) is 0 Å². The van der Waals surface area contributed by atoms with Gasteiger partial charge in [0.2, 0.25) is 15.9 Å². The molecule has 1 N–H and O–H groups in total. The van der Waals surface area contributed by atoms with E-state index in [0.29, 0.717) is 21.6 Å².